The Kier molecular flexibility index (Phi) is 5.33. The second-order valence-electron chi connectivity index (χ2n) is 5.66. The molecule has 8 heteroatoms. The molecule has 3 aromatic rings. The number of benzene rings is 2. The lowest BCUT2D eigenvalue weighted by Gasteiger charge is -2.07. The normalized spacial score (nSPS) is 10.4. The fourth-order valence-corrected chi connectivity index (χ4v) is 2.73. The molecule has 0 saturated heterocycles. The van der Waals surface area contributed by atoms with Gasteiger partial charge in [0.05, 0.1) is 11.3 Å². The van der Waals surface area contributed by atoms with E-state index in [4.69, 9.17) is 16.7 Å². The molecule has 0 aliphatic heterocycles. The third-order valence-corrected chi connectivity index (χ3v) is 4.15. The molecule has 0 aliphatic rings. The van der Waals surface area contributed by atoms with E-state index in [0.29, 0.717) is 16.3 Å². The first kappa shape index (κ1) is 18.3. The average Bonchev–Trinajstić information content (AvgIpc) is 3.14. The average molecular weight is 384 g/mol. The molecule has 0 fully saturated rings. The molecule has 0 spiro atoms. The van der Waals surface area contributed by atoms with Crippen LogP contribution in [-0.2, 0) is 6.42 Å². The first-order valence-corrected chi connectivity index (χ1v) is 8.28. The van der Waals surface area contributed by atoms with Crippen molar-refractivity contribution in [3.63, 3.8) is 0 Å². The van der Waals surface area contributed by atoms with Gasteiger partial charge in [0.25, 0.3) is 5.91 Å². The van der Waals surface area contributed by atoms with E-state index in [-0.39, 0.29) is 23.6 Å². The molecule has 2 aromatic carbocycles. The number of anilines is 1. The van der Waals surface area contributed by atoms with Crippen molar-refractivity contribution in [2.45, 2.75) is 6.42 Å². The van der Waals surface area contributed by atoms with Crippen molar-refractivity contribution in [2.75, 3.05) is 5.32 Å². The lowest BCUT2D eigenvalue weighted by atomic mass is 10.0. The molecule has 3 N–H and O–H groups in total. The molecular weight excluding hydrogens is 370 g/mol. The smallest absolute Gasteiger partial charge is 0.354 e. The molecule has 0 unspecified atom stereocenters. The minimum atomic E-state index is -1.27. The van der Waals surface area contributed by atoms with Gasteiger partial charge in [0, 0.05) is 17.7 Å². The summed E-state index contributed by atoms with van der Waals surface area (Å²) in [5.41, 5.74) is 1.17. The summed E-state index contributed by atoms with van der Waals surface area (Å²) in [5.74, 6) is -2.03. The van der Waals surface area contributed by atoms with E-state index < -0.39 is 11.9 Å². The van der Waals surface area contributed by atoms with Crippen molar-refractivity contribution in [1.29, 1.82) is 0 Å². The van der Waals surface area contributed by atoms with Crippen molar-refractivity contribution < 1.29 is 19.5 Å². The minimum Gasteiger partial charge on any atom is -0.477 e. The second kappa shape index (κ2) is 7.84. The Labute approximate surface area is 159 Å². The summed E-state index contributed by atoms with van der Waals surface area (Å²) in [7, 11) is 0. The molecule has 136 valence electrons. The number of Topliss-reactive ketones (excluding diaryl/α,β-unsaturated/α-hetero) is 1. The number of aromatic carboxylic acids is 1. The van der Waals surface area contributed by atoms with Crippen molar-refractivity contribution in [2.24, 2.45) is 0 Å². The number of nitrogens with zero attached hydrogens (tertiary/aromatic N) is 1. The van der Waals surface area contributed by atoms with Gasteiger partial charge in [-0.25, -0.2) is 9.78 Å². The topological polar surface area (TPSA) is 112 Å². The molecule has 0 radical (unpaired) electrons. The number of aromatic amines is 1. The molecular formula is C19H14ClN3O4. The van der Waals surface area contributed by atoms with Gasteiger partial charge in [0.15, 0.2) is 17.2 Å². The van der Waals surface area contributed by atoms with Gasteiger partial charge >= 0.3 is 5.97 Å². The van der Waals surface area contributed by atoms with Crippen LogP contribution in [0, 0.1) is 0 Å². The number of imidazole rings is 1. The molecule has 0 atom stereocenters. The van der Waals surface area contributed by atoms with E-state index in [0.717, 1.165) is 11.9 Å². The third kappa shape index (κ3) is 4.21. The highest BCUT2D eigenvalue weighted by Gasteiger charge is 2.19. The number of hydrogen-bond donors (Lipinski definition) is 3. The van der Waals surface area contributed by atoms with E-state index >= 15 is 0 Å². The highest BCUT2D eigenvalue weighted by molar-refractivity contribution is 6.34. The number of carboxylic acids is 1. The van der Waals surface area contributed by atoms with Crippen molar-refractivity contribution in [3.8, 4) is 0 Å². The summed E-state index contributed by atoms with van der Waals surface area (Å²) in [6.07, 6.45) is 1.31. The van der Waals surface area contributed by atoms with Crippen LogP contribution in [-0.4, -0.2) is 32.7 Å². The van der Waals surface area contributed by atoms with Gasteiger partial charge in [0.1, 0.15) is 0 Å². The fourth-order valence-electron chi connectivity index (χ4n) is 2.49. The van der Waals surface area contributed by atoms with E-state index in [1.807, 2.05) is 0 Å². The Morgan fingerprint density at radius 1 is 1.07 bits per heavy atom. The number of carbonyl (C=O) groups is 3. The molecule has 0 saturated carbocycles. The number of hydrogen-bond acceptors (Lipinski definition) is 4. The van der Waals surface area contributed by atoms with Crippen LogP contribution in [0.5, 0.6) is 0 Å². The zero-order valence-corrected chi connectivity index (χ0v) is 14.7. The number of nitrogens with one attached hydrogen (secondary N) is 2. The predicted molar refractivity (Wildman–Crippen MR) is 99.4 cm³/mol. The summed E-state index contributed by atoms with van der Waals surface area (Å²) in [5, 5.41) is 12.0. The van der Waals surface area contributed by atoms with Crippen LogP contribution < -0.4 is 5.32 Å². The van der Waals surface area contributed by atoms with Gasteiger partial charge in [-0.15, -0.1) is 0 Å². The molecule has 7 nitrogen and oxygen atoms in total. The molecule has 1 heterocycles. The van der Waals surface area contributed by atoms with E-state index in [2.05, 4.69) is 15.3 Å². The zero-order valence-electron chi connectivity index (χ0n) is 13.9. The van der Waals surface area contributed by atoms with E-state index in [1.54, 1.807) is 48.5 Å². The van der Waals surface area contributed by atoms with Crippen LogP contribution in [0.25, 0.3) is 0 Å². The van der Waals surface area contributed by atoms with Gasteiger partial charge in [-0.1, -0.05) is 35.9 Å². The van der Waals surface area contributed by atoms with Crippen molar-refractivity contribution >= 4 is 34.9 Å². The summed E-state index contributed by atoms with van der Waals surface area (Å²) in [6, 6.07) is 13.5. The summed E-state index contributed by atoms with van der Waals surface area (Å²) in [4.78, 5) is 41.7. The van der Waals surface area contributed by atoms with Crippen LogP contribution >= 0.6 is 11.6 Å². The van der Waals surface area contributed by atoms with Crippen LogP contribution in [0.3, 0.4) is 0 Å². The Balaban J connectivity index is 1.68. The molecule has 0 bridgehead atoms. The maximum absolute atomic E-state index is 12.3. The van der Waals surface area contributed by atoms with Gasteiger partial charge in [-0.3, -0.25) is 9.59 Å². The van der Waals surface area contributed by atoms with Crippen molar-refractivity contribution in [3.05, 3.63) is 82.4 Å². The number of aromatic nitrogens is 2. The Morgan fingerprint density at radius 3 is 2.44 bits per heavy atom. The first-order valence-electron chi connectivity index (χ1n) is 7.90. The second-order valence-corrected chi connectivity index (χ2v) is 6.07. The molecule has 0 aliphatic carbocycles. The van der Waals surface area contributed by atoms with Crippen LogP contribution in [0.4, 0.5) is 5.69 Å². The molecule has 3 rings (SSSR count). The summed E-state index contributed by atoms with van der Waals surface area (Å²) < 4.78 is 0. The number of H-pyrrole nitrogens is 1. The van der Waals surface area contributed by atoms with Gasteiger partial charge in [0.2, 0.25) is 0 Å². The number of carboxylic acid groups (broad SMARTS) is 1. The van der Waals surface area contributed by atoms with Crippen LogP contribution in [0.15, 0.2) is 54.9 Å². The Morgan fingerprint density at radius 2 is 1.78 bits per heavy atom. The monoisotopic (exact) mass is 383 g/mol. The quantitative estimate of drug-likeness (QED) is 0.564. The summed E-state index contributed by atoms with van der Waals surface area (Å²) in [6.45, 7) is 0. The summed E-state index contributed by atoms with van der Waals surface area (Å²) >= 11 is 6.03. The molecule has 1 aromatic heterocycles. The Bertz CT molecular complexity index is 1010. The SMILES string of the molecule is O=C(Cc1ccc(NC(=O)c2nc[nH]c2C(=O)O)cc1)c1ccccc1Cl. The third-order valence-electron chi connectivity index (χ3n) is 3.82. The lowest BCUT2D eigenvalue weighted by Crippen LogP contribution is -2.16. The van der Waals surface area contributed by atoms with Crippen LogP contribution in [0.1, 0.15) is 36.9 Å². The Hall–Kier alpha value is -3.45. The first-order chi connectivity index (χ1) is 13.0. The zero-order chi connectivity index (χ0) is 19.4. The maximum atomic E-state index is 12.3. The fraction of sp³-hybridized carbons (Fsp3) is 0.0526. The number of ketones is 1. The van der Waals surface area contributed by atoms with E-state index in [9.17, 15) is 14.4 Å². The number of amides is 1. The molecule has 27 heavy (non-hydrogen) atoms. The highest BCUT2D eigenvalue weighted by atomic mass is 35.5. The number of carbonyl (C=O) groups excluding carboxylic acids is 2. The minimum absolute atomic E-state index is 0.111. The van der Waals surface area contributed by atoms with Crippen molar-refractivity contribution in [1.82, 2.24) is 9.97 Å². The number of halogens is 1. The van der Waals surface area contributed by atoms with Gasteiger partial charge < -0.3 is 15.4 Å². The van der Waals surface area contributed by atoms with Gasteiger partial charge in [-0.05, 0) is 29.8 Å². The molecule has 1 amide bonds. The standard InChI is InChI=1S/C19H14ClN3O4/c20-14-4-2-1-3-13(14)15(24)9-11-5-7-12(8-6-11)23-18(25)16-17(19(26)27)22-10-21-16/h1-8,10H,9H2,(H,21,22)(H,23,25)(H,26,27). The highest BCUT2D eigenvalue weighted by Crippen LogP contribution is 2.18. The van der Waals surface area contributed by atoms with Gasteiger partial charge in [-0.2, -0.15) is 0 Å². The lowest BCUT2D eigenvalue weighted by molar-refractivity contribution is 0.0686. The number of rotatable bonds is 6. The predicted octanol–water partition coefficient (Wildman–Crippen LogP) is 3.44. The van der Waals surface area contributed by atoms with Crippen LogP contribution in [0.2, 0.25) is 5.02 Å². The maximum Gasteiger partial charge on any atom is 0.354 e. The largest absolute Gasteiger partial charge is 0.477 e. The van der Waals surface area contributed by atoms with E-state index in [1.165, 1.54) is 0 Å².